The van der Waals surface area contributed by atoms with Gasteiger partial charge in [0.15, 0.2) is 6.39 Å². The largest absolute Gasteiger partial charge is 0.496 e. The molecule has 0 spiro atoms. The second-order valence-electron chi connectivity index (χ2n) is 12.4. The van der Waals surface area contributed by atoms with E-state index in [4.69, 9.17) is 13.9 Å². The molecular formula is C36H41FN4O6. The fourth-order valence-corrected chi connectivity index (χ4v) is 7.35. The first-order valence-corrected chi connectivity index (χ1v) is 16.1. The molecule has 3 aliphatic rings. The minimum atomic E-state index is -0.855. The highest BCUT2D eigenvalue weighted by Gasteiger charge is 2.36. The fraction of sp³-hybridized carbons (Fsp3) is 0.417. The summed E-state index contributed by atoms with van der Waals surface area (Å²) in [5.74, 6) is 1.37. The molecule has 2 saturated heterocycles. The molecule has 1 aromatic heterocycles. The summed E-state index contributed by atoms with van der Waals surface area (Å²) in [6, 6.07) is 9.17. The number of ether oxygens (including phenoxy) is 2. The number of hydrogen-bond acceptors (Lipinski definition) is 7. The third-order valence-corrected chi connectivity index (χ3v) is 9.69. The van der Waals surface area contributed by atoms with Gasteiger partial charge in [-0.25, -0.2) is 14.2 Å². The molecule has 3 heterocycles. The van der Waals surface area contributed by atoms with Gasteiger partial charge in [0.2, 0.25) is 5.91 Å². The third-order valence-electron chi connectivity index (χ3n) is 9.69. The molecule has 2 amide bonds. The highest BCUT2D eigenvalue weighted by molar-refractivity contribution is 6.06. The van der Waals surface area contributed by atoms with Crippen LogP contribution in [0, 0.1) is 5.82 Å². The Morgan fingerprint density at radius 2 is 1.81 bits per heavy atom. The number of aromatic nitrogens is 1. The number of allylic oxidation sites excluding steroid dienone is 2. The molecule has 0 saturated carbocycles. The Morgan fingerprint density at radius 1 is 1.06 bits per heavy atom. The number of benzene rings is 2. The van der Waals surface area contributed by atoms with E-state index in [2.05, 4.69) is 21.3 Å². The van der Waals surface area contributed by atoms with E-state index in [9.17, 15) is 19.1 Å². The summed E-state index contributed by atoms with van der Waals surface area (Å²) < 4.78 is 31.7. The van der Waals surface area contributed by atoms with Crippen molar-refractivity contribution in [3.8, 4) is 11.5 Å². The average Bonchev–Trinajstić information content (AvgIpc) is 3.68. The highest BCUT2D eigenvalue weighted by Crippen LogP contribution is 2.46. The number of piperidine rings is 2. The van der Waals surface area contributed by atoms with Crippen LogP contribution in [0.15, 0.2) is 52.9 Å². The van der Waals surface area contributed by atoms with Gasteiger partial charge >= 0.3 is 6.09 Å². The molecule has 2 aromatic carbocycles. The average molecular weight is 645 g/mol. The SMILES string of the molecule is COc1cc(/C=C2/C(C)=C(CNC(=O)Cc3cnco3)c3cc(F)ccc32)cc(OC)c1C1CCCCN1C1CCN(C(=O)O)CC1. The van der Waals surface area contributed by atoms with Gasteiger partial charge < -0.3 is 29.2 Å². The third kappa shape index (κ3) is 6.76. The van der Waals surface area contributed by atoms with Crippen LogP contribution in [-0.2, 0) is 11.2 Å². The number of fused-ring (bicyclic) bond motifs is 1. The number of nitrogens with one attached hydrogen (secondary N) is 1. The normalized spacial score (nSPS) is 19.6. The zero-order valence-corrected chi connectivity index (χ0v) is 27.1. The van der Waals surface area contributed by atoms with Crippen molar-refractivity contribution in [2.24, 2.45) is 0 Å². The number of hydrogen-bond donors (Lipinski definition) is 2. The maximum Gasteiger partial charge on any atom is 0.407 e. The van der Waals surface area contributed by atoms with E-state index in [1.165, 1.54) is 29.6 Å². The van der Waals surface area contributed by atoms with Crippen LogP contribution in [0.5, 0.6) is 11.5 Å². The molecule has 1 aliphatic carbocycles. The molecule has 2 fully saturated rings. The van der Waals surface area contributed by atoms with Crippen LogP contribution >= 0.6 is 0 Å². The molecular weight excluding hydrogens is 603 g/mol. The molecule has 0 bridgehead atoms. The van der Waals surface area contributed by atoms with Crippen LogP contribution in [-0.4, -0.2) is 78.3 Å². The van der Waals surface area contributed by atoms with Crippen molar-refractivity contribution in [3.05, 3.63) is 82.3 Å². The van der Waals surface area contributed by atoms with Crippen LogP contribution in [0.3, 0.4) is 0 Å². The van der Waals surface area contributed by atoms with Gasteiger partial charge in [-0.05, 0) is 103 Å². The second kappa shape index (κ2) is 14.0. The zero-order valence-electron chi connectivity index (χ0n) is 27.1. The monoisotopic (exact) mass is 644 g/mol. The van der Waals surface area contributed by atoms with Crippen molar-refractivity contribution in [2.45, 2.75) is 57.5 Å². The number of amides is 2. The van der Waals surface area contributed by atoms with Gasteiger partial charge in [-0.15, -0.1) is 0 Å². The molecule has 0 radical (unpaired) electrons. The predicted molar refractivity (Wildman–Crippen MR) is 176 cm³/mol. The molecule has 3 aromatic rings. The van der Waals surface area contributed by atoms with Crippen molar-refractivity contribution in [2.75, 3.05) is 40.4 Å². The van der Waals surface area contributed by atoms with E-state index in [1.807, 2.05) is 19.1 Å². The predicted octanol–water partition coefficient (Wildman–Crippen LogP) is 6.19. The summed E-state index contributed by atoms with van der Waals surface area (Å²) >= 11 is 0. The molecule has 11 heteroatoms. The quantitative estimate of drug-likeness (QED) is 0.283. The summed E-state index contributed by atoms with van der Waals surface area (Å²) in [6.07, 6.45) is 8.80. The Kier molecular flexibility index (Phi) is 9.63. The Hall–Kier alpha value is -4.64. The summed E-state index contributed by atoms with van der Waals surface area (Å²) in [6.45, 7) is 4.24. The van der Waals surface area contributed by atoms with Gasteiger partial charge in [-0.1, -0.05) is 12.5 Å². The lowest BCUT2D eigenvalue weighted by Gasteiger charge is -2.45. The van der Waals surface area contributed by atoms with E-state index < -0.39 is 6.09 Å². The van der Waals surface area contributed by atoms with Crippen molar-refractivity contribution in [3.63, 3.8) is 0 Å². The molecule has 1 atom stereocenters. The lowest BCUT2D eigenvalue weighted by Crippen LogP contribution is -2.49. The van der Waals surface area contributed by atoms with Gasteiger partial charge in [0, 0.05) is 31.7 Å². The first-order chi connectivity index (χ1) is 22.8. The van der Waals surface area contributed by atoms with E-state index in [0.717, 1.165) is 89.1 Å². The first kappa shape index (κ1) is 32.3. The minimum absolute atomic E-state index is 0.0664. The summed E-state index contributed by atoms with van der Waals surface area (Å²) in [4.78, 5) is 32.0. The van der Waals surface area contributed by atoms with E-state index >= 15 is 0 Å². The van der Waals surface area contributed by atoms with Crippen LogP contribution in [0.25, 0.3) is 17.2 Å². The number of methoxy groups -OCH3 is 2. The van der Waals surface area contributed by atoms with E-state index in [-0.39, 0.29) is 36.8 Å². The Morgan fingerprint density at radius 3 is 2.47 bits per heavy atom. The number of halogens is 1. The number of oxazole rings is 1. The number of nitrogens with zero attached hydrogens (tertiary/aromatic N) is 3. The molecule has 2 aliphatic heterocycles. The van der Waals surface area contributed by atoms with Crippen LogP contribution in [0.4, 0.5) is 9.18 Å². The zero-order chi connectivity index (χ0) is 33.1. The first-order valence-electron chi connectivity index (χ1n) is 16.1. The smallest absolute Gasteiger partial charge is 0.407 e. The van der Waals surface area contributed by atoms with Crippen molar-refractivity contribution in [1.29, 1.82) is 0 Å². The van der Waals surface area contributed by atoms with Gasteiger partial charge in [-0.3, -0.25) is 9.69 Å². The van der Waals surface area contributed by atoms with Gasteiger partial charge in [0.05, 0.1) is 32.4 Å². The van der Waals surface area contributed by atoms with Crippen molar-refractivity contribution in [1.82, 2.24) is 20.1 Å². The highest BCUT2D eigenvalue weighted by atomic mass is 19.1. The number of carbonyl (C=O) groups is 2. The van der Waals surface area contributed by atoms with Crippen molar-refractivity contribution < 1.29 is 33.0 Å². The number of likely N-dealkylation sites (tertiary alicyclic amines) is 2. The van der Waals surface area contributed by atoms with Gasteiger partial charge in [0.1, 0.15) is 23.1 Å². The number of carboxylic acid groups (broad SMARTS) is 1. The molecule has 1 unspecified atom stereocenters. The maximum atomic E-state index is 14.5. The molecule has 10 nitrogen and oxygen atoms in total. The van der Waals surface area contributed by atoms with Crippen LogP contribution in [0.1, 0.15) is 73.1 Å². The van der Waals surface area contributed by atoms with Crippen LogP contribution in [0.2, 0.25) is 0 Å². The Balaban J connectivity index is 1.31. The van der Waals surface area contributed by atoms with Gasteiger partial charge in [-0.2, -0.15) is 0 Å². The summed E-state index contributed by atoms with van der Waals surface area (Å²) in [7, 11) is 3.35. The van der Waals surface area contributed by atoms with Crippen molar-refractivity contribution >= 4 is 29.2 Å². The number of rotatable bonds is 9. The molecule has 248 valence electrons. The summed E-state index contributed by atoms with van der Waals surface area (Å²) in [5.41, 5.74) is 6.24. The second-order valence-corrected chi connectivity index (χ2v) is 12.4. The van der Waals surface area contributed by atoms with Crippen LogP contribution < -0.4 is 14.8 Å². The lowest BCUT2D eigenvalue weighted by molar-refractivity contribution is -0.120. The molecule has 2 N–H and O–H groups in total. The standard InChI is InChI=1S/C36H41FN4O6/c1-22-28(27-8-7-24(37)17-29(27)30(22)20-39-34(42)18-26-19-38-21-47-26)14-23-15-32(45-2)35(33(16-23)46-3)31-6-4-5-11-41(31)25-9-12-40(13-10-25)36(43)44/h7-8,14-17,19,21,25,31H,4-6,9-13,18,20H2,1-3H3,(H,39,42)(H,43,44)/b28-14-. The molecule has 47 heavy (non-hydrogen) atoms. The molecule has 6 rings (SSSR count). The summed E-state index contributed by atoms with van der Waals surface area (Å²) in [5, 5.41) is 12.4. The Bertz CT molecular complexity index is 1670. The van der Waals surface area contributed by atoms with E-state index in [0.29, 0.717) is 18.8 Å². The van der Waals surface area contributed by atoms with Gasteiger partial charge in [0.25, 0.3) is 0 Å². The number of carbonyl (C=O) groups excluding carboxylic acids is 1. The van der Waals surface area contributed by atoms with E-state index in [1.54, 1.807) is 20.3 Å². The fourth-order valence-electron chi connectivity index (χ4n) is 7.35. The topological polar surface area (TPSA) is 117 Å². The lowest BCUT2D eigenvalue weighted by atomic mass is 9.89. The maximum absolute atomic E-state index is 14.5. The Labute approximate surface area is 273 Å². The minimum Gasteiger partial charge on any atom is -0.496 e.